The van der Waals surface area contributed by atoms with Crippen molar-refractivity contribution in [1.29, 1.82) is 0 Å². The number of amides is 1. The molecule has 1 amide bonds. The number of rotatable bonds is 6. The summed E-state index contributed by atoms with van der Waals surface area (Å²) in [5.41, 5.74) is 1.60. The molecule has 7 heteroatoms. The lowest BCUT2D eigenvalue weighted by atomic mass is 10.2. The van der Waals surface area contributed by atoms with E-state index in [0.717, 1.165) is 17.0 Å². The molecule has 1 N–H and O–H groups in total. The third kappa shape index (κ3) is 4.20. The highest BCUT2D eigenvalue weighted by atomic mass is 32.2. The van der Waals surface area contributed by atoms with E-state index in [2.05, 4.69) is 20.8 Å². The summed E-state index contributed by atoms with van der Waals surface area (Å²) >= 11 is 1.67. The van der Waals surface area contributed by atoms with Gasteiger partial charge in [0.1, 0.15) is 0 Å². The van der Waals surface area contributed by atoms with Crippen LogP contribution in [0.15, 0.2) is 59.5 Å². The third-order valence-electron chi connectivity index (χ3n) is 3.37. The first kappa shape index (κ1) is 16.2. The normalized spacial score (nSPS) is 10.5. The van der Waals surface area contributed by atoms with E-state index in [-0.39, 0.29) is 5.91 Å². The van der Waals surface area contributed by atoms with Crippen LogP contribution in [0.4, 0.5) is 5.69 Å². The van der Waals surface area contributed by atoms with E-state index >= 15 is 0 Å². The number of carbonyl (C=O) groups excluding carboxylic acids is 1. The van der Waals surface area contributed by atoms with Gasteiger partial charge in [0, 0.05) is 35.4 Å². The van der Waals surface area contributed by atoms with Gasteiger partial charge in [0.15, 0.2) is 5.82 Å². The molecule has 0 aliphatic carbocycles. The molecule has 24 heavy (non-hydrogen) atoms. The molecule has 2 aromatic carbocycles. The smallest absolute Gasteiger partial charge is 0.225 e. The molecule has 6 nitrogen and oxygen atoms in total. The maximum atomic E-state index is 12.1. The predicted molar refractivity (Wildman–Crippen MR) is 94.6 cm³/mol. The minimum Gasteiger partial charge on any atom is -0.326 e. The zero-order valence-electron chi connectivity index (χ0n) is 13.2. The summed E-state index contributed by atoms with van der Waals surface area (Å²) in [5.74, 6) is 1.39. The van der Waals surface area contributed by atoms with E-state index < -0.39 is 0 Å². The van der Waals surface area contributed by atoms with E-state index in [1.54, 1.807) is 23.5 Å². The van der Waals surface area contributed by atoms with E-state index in [4.69, 9.17) is 0 Å². The number of hydrogen-bond acceptors (Lipinski definition) is 5. The molecule has 0 fully saturated rings. The first-order valence-electron chi connectivity index (χ1n) is 7.53. The van der Waals surface area contributed by atoms with Crippen LogP contribution in [0.1, 0.15) is 6.42 Å². The molecule has 0 saturated heterocycles. The number of benzene rings is 2. The van der Waals surface area contributed by atoms with E-state index in [0.29, 0.717) is 12.2 Å². The average molecular weight is 339 g/mol. The third-order valence-corrected chi connectivity index (χ3v) is 4.38. The van der Waals surface area contributed by atoms with Gasteiger partial charge < -0.3 is 5.32 Å². The monoisotopic (exact) mass is 339 g/mol. The topological polar surface area (TPSA) is 72.7 Å². The van der Waals surface area contributed by atoms with Gasteiger partial charge in [-0.05, 0) is 34.7 Å². The van der Waals surface area contributed by atoms with Crippen LogP contribution >= 0.6 is 11.8 Å². The molecule has 0 bridgehead atoms. The second-order valence-corrected chi connectivity index (χ2v) is 6.33. The number of tetrazole rings is 1. The van der Waals surface area contributed by atoms with Gasteiger partial charge >= 0.3 is 0 Å². The van der Waals surface area contributed by atoms with Crippen molar-refractivity contribution in [2.24, 2.45) is 7.05 Å². The van der Waals surface area contributed by atoms with E-state index in [1.165, 1.54) is 4.90 Å². The summed E-state index contributed by atoms with van der Waals surface area (Å²) in [6, 6.07) is 17.6. The number of carbonyl (C=O) groups is 1. The van der Waals surface area contributed by atoms with Gasteiger partial charge in [-0.2, -0.15) is 0 Å². The Labute approximate surface area is 144 Å². The lowest BCUT2D eigenvalue weighted by molar-refractivity contribution is -0.115. The van der Waals surface area contributed by atoms with Crippen LogP contribution in [0.3, 0.4) is 0 Å². The van der Waals surface area contributed by atoms with Crippen molar-refractivity contribution in [3.8, 4) is 11.4 Å². The fourth-order valence-electron chi connectivity index (χ4n) is 2.21. The first-order chi connectivity index (χ1) is 11.7. The summed E-state index contributed by atoms with van der Waals surface area (Å²) in [4.78, 5) is 13.3. The van der Waals surface area contributed by atoms with Gasteiger partial charge in [0.2, 0.25) is 5.91 Å². The number of aryl methyl sites for hydroxylation is 1. The Balaban J connectivity index is 1.56. The van der Waals surface area contributed by atoms with Crippen molar-refractivity contribution in [2.45, 2.75) is 11.3 Å². The minimum atomic E-state index is -0.00771. The minimum absolute atomic E-state index is 0.00771. The van der Waals surface area contributed by atoms with Crippen LogP contribution in [0.2, 0.25) is 0 Å². The molecular formula is C17H17N5OS. The summed E-state index contributed by atoms with van der Waals surface area (Å²) in [7, 11) is 1.78. The van der Waals surface area contributed by atoms with Crippen molar-refractivity contribution >= 4 is 23.4 Å². The Morgan fingerprint density at radius 2 is 2.00 bits per heavy atom. The fraction of sp³-hybridized carbons (Fsp3) is 0.176. The number of nitrogens with one attached hydrogen (secondary N) is 1. The zero-order valence-corrected chi connectivity index (χ0v) is 14.0. The fourth-order valence-corrected chi connectivity index (χ4v) is 3.08. The van der Waals surface area contributed by atoms with Crippen LogP contribution in [0.25, 0.3) is 11.4 Å². The Bertz CT molecular complexity index is 819. The number of aromatic nitrogens is 4. The lowest BCUT2D eigenvalue weighted by Gasteiger charge is -2.07. The van der Waals surface area contributed by atoms with Crippen molar-refractivity contribution in [3.05, 3.63) is 54.6 Å². The maximum absolute atomic E-state index is 12.1. The summed E-state index contributed by atoms with van der Waals surface area (Å²) < 4.78 is 1.59. The molecule has 0 saturated carbocycles. The molecule has 3 aromatic rings. The molecule has 0 aliphatic heterocycles. The summed E-state index contributed by atoms with van der Waals surface area (Å²) in [5, 5.41) is 14.3. The quantitative estimate of drug-likeness (QED) is 0.699. The molecule has 0 aliphatic rings. The molecule has 0 unspecified atom stereocenters. The number of thioether (sulfide) groups is 1. The van der Waals surface area contributed by atoms with Gasteiger partial charge in [-0.25, -0.2) is 4.68 Å². The molecule has 0 atom stereocenters. The highest BCUT2D eigenvalue weighted by molar-refractivity contribution is 7.99. The van der Waals surface area contributed by atoms with Crippen molar-refractivity contribution in [3.63, 3.8) is 0 Å². The molecule has 3 rings (SSSR count). The van der Waals surface area contributed by atoms with Crippen LogP contribution < -0.4 is 5.32 Å². The second kappa shape index (κ2) is 7.74. The van der Waals surface area contributed by atoms with Gasteiger partial charge in [0.25, 0.3) is 0 Å². The van der Waals surface area contributed by atoms with Crippen LogP contribution in [-0.4, -0.2) is 31.9 Å². The van der Waals surface area contributed by atoms with Crippen molar-refractivity contribution in [1.82, 2.24) is 20.2 Å². The van der Waals surface area contributed by atoms with Crippen molar-refractivity contribution < 1.29 is 4.79 Å². The lowest BCUT2D eigenvalue weighted by Crippen LogP contribution is -2.12. The largest absolute Gasteiger partial charge is 0.326 e. The number of hydrogen-bond donors (Lipinski definition) is 1. The molecule has 1 aromatic heterocycles. The number of anilines is 1. The van der Waals surface area contributed by atoms with E-state index in [1.807, 2.05) is 54.6 Å². The second-order valence-electron chi connectivity index (χ2n) is 5.17. The standard InChI is InChI=1S/C17H17N5OS/c1-22-17(19-20-21-22)13-6-5-7-14(12-13)18-16(23)10-11-24-15-8-3-2-4-9-15/h2-9,12H,10-11H2,1H3,(H,18,23). The predicted octanol–water partition coefficient (Wildman–Crippen LogP) is 3.00. The van der Waals surface area contributed by atoms with E-state index in [9.17, 15) is 4.79 Å². The average Bonchev–Trinajstić information content (AvgIpc) is 3.02. The molecule has 0 spiro atoms. The highest BCUT2D eigenvalue weighted by Gasteiger charge is 2.08. The SMILES string of the molecule is Cn1nnnc1-c1cccc(NC(=O)CCSc2ccccc2)c1. The maximum Gasteiger partial charge on any atom is 0.225 e. The molecule has 0 radical (unpaired) electrons. The zero-order chi connectivity index (χ0) is 16.8. The van der Waals surface area contributed by atoms with Gasteiger partial charge in [-0.15, -0.1) is 16.9 Å². The molecule has 1 heterocycles. The Morgan fingerprint density at radius 1 is 1.17 bits per heavy atom. The van der Waals surface area contributed by atoms with Crippen molar-refractivity contribution in [2.75, 3.05) is 11.1 Å². The first-order valence-corrected chi connectivity index (χ1v) is 8.51. The highest BCUT2D eigenvalue weighted by Crippen LogP contribution is 2.21. The van der Waals surface area contributed by atoms with Crippen LogP contribution in [0, 0.1) is 0 Å². The van der Waals surface area contributed by atoms with Gasteiger partial charge in [0.05, 0.1) is 0 Å². The summed E-state index contributed by atoms with van der Waals surface area (Å²) in [6.07, 6.45) is 0.454. The molecule has 122 valence electrons. The summed E-state index contributed by atoms with van der Waals surface area (Å²) in [6.45, 7) is 0. The Hall–Kier alpha value is -2.67. The van der Waals surface area contributed by atoms with Crippen LogP contribution in [0.5, 0.6) is 0 Å². The van der Waals surface area contributed by atoms with Crippen LogP contribution in [-0.2, 0) is 11.8 Å². The number of nitrogens with zero attached hydrogens (tertiary/aromatic N) is 4. The van der Waals surface area contributed by atoms with Gasteiger partial charge in [-0.3, -0.25) is 4.79 Å². The Morgan fingerprint density at radius 3 is 2.75 bits per heavy atom. The van der Waals surface area contributed by atoms with Gasteiger partial charge in [-0.1, -0.05) is 30.3 Å². The Kier molecular flexibility index (Phi) is 5.22. The molecular weight excluding hydrogens is 322 g/mol.